The second-order valence-electron chi connectivity index (χ2n) is 9.15. The van der Waals surface area contributed by atoms with Crippen LogP contribution in [-0.4, -0.2) is 61.3 Å². The Labute approximate surface area is 183 Å². The Morgan fingerprint density at radius 3 is 2.39 bits per heavy atom. The van der Waals surface area contributed by atoms with E-state index in [2.05, 4.69) is 10.6 Å². The molecule has 8 heteroatoms. The van der Waals surface area contributed by atoms with Crippen molar-refractivity contribution in [2.75, 3.05) is 31.1 Å². The zero-order valence-corrected chi connectivity index (χ0v) is 18.4. The Bertz CT molecular complexity index is 798. The molecule has 2 atom stereocenters. The van der Waals surface area contributed by atoms with Gasteiger partial charge in [0.15, 0.2) is 0 Å². The van der Waals surface area contributed by atoms with Crippen molar-refractivity contribution in [2.45, 2.75) is 64.3 Å². The van der Waals surface area contributed by atoms with Crippen molar-refractivity contribution < 1.29 is 18.7 Å². The number of urea groups is 1. The van der Waals surface area contributed by atoms with Crippen molar-refractivity contribution in [3.8, 4) is 0 Å². The highest BCUT2D eigenvalue weighted by Gasteiger charge is 2.35. The zero-order chi connectivity index (χ0) is 22.0. The molecule has 7 nitrogen and oxygen atoms in total. The van der Waals surface area contributed by atoms with E-state index in [9.17, 15) is 14.0 Å². The minimum atomic E-state index is -0.284. The van der Waals surface area contributed by atoms with Crippen LogP contribution in [0.25, 0.3) is 0 Å². The number of carbonyl (C=O) groups excluding carboxylic acids is 2. The predicted octanol–water partition coefficient (Wildman–Crippen LogP) is 2.64. The number of anilines is 1. The maximum Gasteiger partial charge on any atom is 0.315 e. The van der Waals surface area contributed by atoms with Gasteiger partial charge >= 0.3 is 6.03 Å². The summed E-state index contributed by atoms with van der Waals surface area (Å²) in [5.74, 6) is 0.234. The first kappa shape index (κ1) is 21.9. The maximum absolute atomic E-state index is 14.7. The predicted molar refractivity (Wildman–Crippen MR) is 116 cm³/mol. The average molecular weight is 433 g/mol. The van der Waals surface area contributed by atoms with Crippen LogP contribution in [0.4, 0.5) is 14.9 Å². The van der Waals surface area contributed by atoms with Gasteiger partial charge < -0.3 is 25.2 Å². The van der Waals surface area contributed by atoms with Crippen LogP contribution in [0.15, 0.2) is 18.2 Å². The van der Waals surface area contributed by atoms with Crippen LogP contribution in [0.1, 0.15) is 45.1 Å². The molecule has 0 aromatic heterocycles. The third-order valence-electron chi connectivity index (χ3n) is 6.29. The van der Waals surface area contributed by atoms with E-state index in [1.807, 2.05) is 29.7 Å². The van der Waals surface area contributed by atoms with Gasteiger partial charge in [0, 0.05) is 44.7 Å². The number of morpholine rings is 1. The molecule has 3 amide bonds. The number of hydrogen-bond donors (Lipinski definition) is 2. The molecule has 2 heterocycles. The molecule has 0 radical (unpaired) electrons. The number of halogens is 1. The second-order valence-corrected chi connectivity index (χ2v) is 9.15. The van der Waals surface area contributed by atoms with Gasteiger partial charge in [-0.1, -0.05) is 6.07 Å². The van der Waals surface area contributed by atoms with Crippen LogP contribution < -0.4 is 15.5 Å². The summed E-state index contributed by atoms with van der Waals surface area (Å²) in [7, 11) is 0. The standard InChI is InChI=1S/C23H33FN4O3/c1-15-13-28(14-16(2)31-15)21-6-3-17(11-20(21)24)12-25-23(30)26-19-7-9-27(10-8-19)22(29)18-4-5-18/h3,6,11,15-16,18-19H,4-5,7-10,12-14H2,1-2H3,(H2,25,26,30). The van der Waals surface area contributed by atoms with Gasteiger partial charge in [-0.15, -0.1) is 0 Å². The largest absolute Gasteiger partial charge is 0.372 e. The van der Waals surface area contributed by atoms with E-state index in [4.69, 9.17) is 4.74 Å². The fourth-order valence-corrected chi connectivity index (χ4v) is 4.54. The number of nitrogens with one attached hydrogen (secondary N) is 2. The van der Waals surface area contributed by atoms with Crippen LogP contribution in [0.2, 0.25) is 0 Å². The SMILES string of the molecule is CC1CN(c2ccc(CNC(=O)NC3CCN(C(=O)C4CC4)CC3)cc2F)CC(C)O1. The first-order valence-electron chi connectivity index (χ1n) is 11.4. The first-order valence-corrected chi connectivity index (χ1v) is 11.4. The number of benzene rings is 1. The molecule has 3 aliphatic rings. The molecule has 0 bridgehead atoms. The summed E-state index contributed by atoms with van der Waals surface area (Å²) in [6, 6.07) is 4.93. The number of ether oxygens (including phenoxy) is 1. The van der Waals surface area contributed by atoms with Crippen LogP contribution >= 0.6 is 0 Å². The summed E-state index contributed by atoms with van der Waals surface area (Å²) in [6.45, 7) is 6.96. The van der Waals surface area contributed by atoms with Crippen molar-refractivity contribution in [3.63, 3.8) is 0 Å². The van der Waals surface area contributed by atoms with E-state index >= 15 is 0 Å². The number of nitrogens with zero attached hydrogens (tertiary/aromatic N) is 2. The van der Waals surface area contributed by atoms with Crippen LogP contribution in [-0.2, 0) is 16.1 Å². The number of hydrogen-bond acceptors (Lipinski definition) is 4. The summed E-state index contributed by atoms with van der Waals surface area (Å²) < 4.78 is 20.4. The van der Waals surface area contributed by atoms with Crippen molar-refractivity contribution >= 4 is 17.6 Å². The number of likely N-dealkylation sites (tertiary alicyclic amines) is 1. The number of amides is 3. The normalized spacial score (nSPS) is 24.7. The fourth-order valence-electron chi connectivity index (χ4n) is 4.54. The Morgan fingerprint density at radius 2 is 1.77 bits per heavy atom. The molecule has 170 valence electrons. The van der Waals surface area contributed by atoms with Crippen molar-refractivity contribution in [1.82, 2.24) is 15.5 Å². The molecule has 1 aliphatic carbocycles. The third-order valence-corrected chi connectivity index (χ3v) is 6.29. The summed E-state index contributed by atoms with van der Waals surface area (Å²) in [5.41, 5.74) is 1.29. The molecule has 2 aliphatic heterocycles. The van der Waals surface area contributed by atoms with E-state index in [0.29, 0.717) is 31.9 Å². The van der Waals surface area contributed by atoms with Crippen molar-refractivity contribution in [3.05, 3.63) is 29.6 Å². The molecule has 3 fully saturated rings. The van der Waals surface area contributed by atoms with Crippen LogP contribution in [0.5, 0.6) is 0 Å². The second kappa shape index (κ2) is 9.42. The summed E-state index contributed by atoms with van der Waals surface area (Å²) in [4.78, 5) is 28.3. The van der Waals surface area contributed by atoms with Gasteiger partial charge in [-0.2, -0.15) is 0 Å². The Hall–Kier alpha value is -2.35. The summed E-state index contributed by atoms with van der Waals surface area (Å²) >= 11 is 0. The zero-order valence-electron chi connectivity index (χ0n) is 18.4. The Balaban J connectivity index is 1.22. The van der Waals surface area contributed by atoms with Gasteiger partial charge in [0.2, 0.25) is 5.91 Å². The van der Waals surface area contributed by atoms with Crippen LogP contribution in [0.3, 0.4) is 0 Å². The molecule has 0 spiro atoms. The lowest BCUT2D eigenvalue weighted by Gasteiger charge is -2.37. The third kappa shape index (κ3) is 5.67. The smallest absolute Gasteiger partial charge is 0.315 e. The molecule has 4 rings (SSSR count). The van der Waals surface area contributed by atoms with E-state index < -0.39 is 0 Å². The Kier molecular flexibility index (Phi) is 6.65. The van der Waals surface area contributed by atoms with Crippen molar-refractivity contribution in [1.29, 1.82) is 0 Å². The molecule has 1 aromatic carbocycles. The molecule has 2 N–H and O–H groups in total. The average Bonchev–Trinajstić information content (AvgIpc) is 3.57. The summed E-state index contributed by atoms with van der Waals surface area (Å²) in [5, 5.41) is 5.79. The lowest BCUT2D eigenvalue weighted by atomic mass is 10.0. The topological polar surface area (TPSA) is 73.9 Å². The number of carbonyl (C=O) groups is 2. The maximum atomic E-state index is 14.7. The minimum absolute atomic E-state index is 0.0619. The van der Waals surface area contributed by atoms with Gasteiger partial charge in [0.1, 0.15) is 5.82 Å². The highest BCUT2D eigenvalue weighted by atomic mass is 19.1. The van der Waals surface area contributed by atoms with Crippen LogP contribution in [0, 0.1) is 11.7 Å². The van der Waals surface area contributed by atoms with Gasteiger partial charge in [-0.25, -0.2) is 9.18 Å². The van der Waals surface area contributed by atoms with Gasteiger partial charge in [-0.3, -0.25) is 4.79 Å². The monoisotopic (exact) mass is 432 g/mol. The van der Waals surface area contributed by atoms with Gasteiger partial charge in [0.05, 0.1) is 17.9 Å². The molecule has 1 saturated carbocycles. The molecule has 1 aromatic rings. The number of piperidine rings is 1. The minimum Gasteiger partial charge on any atom is -0.372 e. The number of rotatable bonds is 5. The molecular weight excluding hydrogens is 399 g/mol. The van der Waals surface area contributed by atoms with Gasteiger partial charge in [-0.05, 0) is 57.2 Å². The quantitative estimate of drug-likeness (QED) is 0.750. The van der Waals surface area contributed by atoms with E-state index in [1.54, 1.807) is 6.07 Å². The fraction of sp³-hybridized carbons (Fsp3) is 0.652. The lowest BCUT2D eigenvalue weighted by Crippen LogP contribution is -2.49. The van der Waals surface area contributed by atoms with Crippen molar-refractivity contribution in [2.24, 2.45) is 5.92 Å². The lowest BCUT2D eigenvalue weighted by molar-refractivity contribution is -0.133. The first-order chi connectivity index (χ1) is 14.9. The van der Waals surface area contributed by atoms with E-state index in [0.717, 1.165) is 31.2 Å². The van der Waals surface area contributed by atoms with E-state index in [-0.39, 0.29) is 48.5 Å². The molecule has 2 unspecified atom stereocenters. The highest BCUT2D eigenvalue weighted by Crippen LogP contribution is 2.32. The molecule has 2 saturated heterocycles. The van der Waals surface area contributed by atoms with Gasteiger partial charge in [0.25, 0.3) is 0 Å². The Morgan fingerprint density at radius 1 is 1.10 bits per heavy atom. The molecule has 31 heavy (non-hydrogen) atoms. The summed E-state index contributed by atoms with van der Waals surface area (Å²) in [6.07, 6.45) is 3.70. The molecular formula is C23H33FN4O3. The highest BCUT2D eigenvalue weighted by molar-refractivity contribution is 5.81. The van der Waals surface area contributed by atoms with E-state index in [1.165, 1.54) is 6.07 Å².